The average molecular weight is 371 g/mol. The summed E-state index contributed by atoms with van der Waals surface area (Å²) in [6.07, 6.45) is 0.775. The summed E-state index contributed by atoms with van der Waals surface area (Å²) in [5.41, 5.74) is 5.91. The van der Waals surface area contributed by atoms with Gasteiger partial charge < -0.3 is 9.30 Å². The maximum absolute atomic E-state index is 12.0. The Bertz CT molecular complexity index is 1110. The summed E-state index contributed by atoms with van der Waals surface area (Å²) < 4.78 is 7.77. The first-order chi connectivity index (χ1) is 13.5. The normalized spacial score (nSPS) is 12.4. The molecule has 0 aliphatic carbocycles. The van der Waals surface area contributed by atoms with Crippen molar-refractivity contribution < 1.29 is 9.53 Å². The second-order valence-corrected chi connectivity index (χ2v) is 7.60. The van der Waals surface area contributed by atoms with Crippen LogP contribution in [0.25, 0.3) is 27.5 Å². The second kappa shape index (κ2) is 7.16. The zero-order valence-electron chi connectivity index (χ0n) is 16.8. The summed E-state index contributed by atoms with van der Waals surface area (Å²) >= 11 is 0. The predicted molar refractivity (Wildman–Crippen MR) is 115 cm³/mol. The Labute approximate surface area is 165 Å². The SMILES string of the molecule is CCC(C)C(=O)Oc1ccc(-n2c3ccc(C)cc3c3cc(C)ccc32)cc1. The minimum atomic E-state index is -0.182. The van der Waals surface area contributed by atoms with Gasteiger partial charge in [-0.15, -0.1) is 0 Å². The Morgan fingerprint density at radius 3 is 1.93 bits per heavy atom. The molecule has 1 heterocycles. The highest BCUT2D eigenvalue weighted by atomic mass is 16.5. The lowest BCUT2D eigenvalue weighted by atomic mass is 10.1. The van der Waals surface area contributed by atoms with Crippen molar-refractivity contribution in [3.63, 3.8) is 0 Å². The first kappa shape index (κ1) is 18.3. The van der Waals surface area contributed by atoms with Crippen molar-refractivity contribution in [2.24, 2.45) is 5.92 Å². The number of hydrogen-bond donors (Lipinski definition) is 0. The van der Waals surface area contributed by atoms with Crippen LogP contribution < -0.4 is 4.74 Å². The van der Waals surface area contributed by atoms with Gasteiger partial charge in [-0.25, -0.2) is 0 Å². The van der Waals surface area contributed by atoms with E-state index in [1.54, 1.807) is 0 Å². The average Bonchev–Trinajstić information content (AvgIpc) is 3.00. The number of aromatic nitrogens is 1. The molecule has 1 aromatic heterocycles. The van der Waals surface area contributed by atoms with E-state index in [2.05, 4.69) is 54.8 Å². The van der Waals surface area contributed by atoms with Crippen molar-refractivity contribution in [1.82, 2.24) is 4.57 Å². The topological polar surface area (TPSA) is 31.2 Å². The smallest absolute Gasteiger partial charge is 0.314 e. The fourth-order valence-corrected chi connectivity index (χ4v) is 3.58. The third-order valence-corrected chi connectivity index (χ3v) is 5.40. The maximum Gasteiger partial charge on any atom is 0.314 e. The summed E-state index contributed by atoms with van der Waals surface area (Å²) in [4.78, 5) is 12.0. The molecule has 0 spiro atoms. The van der Waals surface area contributed by atoms with Gasteiger partial charge in [0.05, 0.1) is 17.0 Å². The van der Waals surface area contributed by atoms with E-state index >= 15 is 0 Å². The van der Waals surface area contributed by atoms with Gasteiger partial charge >= 0.3 is 5.97 Å². The minimum absolute atomic E-state index is 0.0940. The number of aryl methyl sites for hydroxylation is 2. The molecule has 0 aliphatic heterocycles. The lowest BCUT2D eigenvalue weighted by Gasteiger charge is -2.11. The monoisotopic (exact) mass is 371 g/mol. The van der Waals surface area contributed by atoms with Gasteiger partial charge in [-0.1, -0.05) is 37.1 Å². The molecule has 3 heteroatoms. The molecule has 3 nitrogen and oxygen atoms in total. The van der Waals surface area contributed by atoms with Crippen LogP contribution in [-0.4, -0.2) is 10.5 Å². The fourth-order valence-electron chi connectivity index (χ4n) is 3.58. The molecule has 4 rings (SSSR count). The number of nitrogens with zero attached hydrogens (tertiary/aromatic N) is 1. The van der Waals surface area contributed by atoms with Crippen molar-refractivity contribution in [1.29, 1.82) is 0 Å². The van der Waals surface area contributed by atoms with Crippen LogP contribution >= 0.6 is 0 Å². The van der Waals surface area contributed by atoms with Crippen LogP contribution in [0.4, 0.5) is 0 Å². The highest BCUT2D eigenvalue weighted by Gasteiger charge is 2.15. The Morgan fingerprint density at radius 2 is 1.43 bits per heavy atom. The molecule has 0 saturated carbocycles. The van der Waals surface area contributed by atoms with Gasteiger partial charge in [0.15, 0.2) is 0 Å². The van der Waals surface area contributed by atoms with E-state index in [0.717, 1.165) is 12.1 Å². The number of ether oxygens (including phenoxy) is 1. The Hall–Kier alpha value is -3.07. The van der Waals surface area contributed by atoms with Crippen LogP contribution in [0, 0.1) is 19.8 Å². The number of esters is 1. The van der Waals surface area contributed by atoms with Crippen molar-refractivity contribution in [2.75, 3.05) is 0 Å². The molecule has 142 valence electrons. The van der Waals surface area contributed by atoms with Crippen molar-refractivity contribution in [3.8, 4) is 11.4 Å². The van der Waals surface area contributed by atoms with E-state index in [-0.39, 0.29) is 11.9 Å². The molecule has 1 unspecified atom stereocenters. The van der Waals surface area contributed by atoms with E-state index in [0.29, 0.717) is 5.75 Å². The standard InChI is InChI=1S/C25H25NO2/c1-5-18(4)25(27)28-20-10-8-19(9-11-20)26-23-12-6-16(2)14-21(23)22-15-17(3)7-13-24(22)26/h6-15,18H,5H2,1-4H3. The Kier molecular flexibility index (Phi) is 4.68. The summed E-state index contributed by atoms with van der Waals surface area (Å²) in [5.74, 6) is 0.308. The van der Waals surface area contributed by atoms with Gasteiger partial charge in [0.2, 0.25) is 0 Å². The molecule has 0 saturated heterocycles. The van der Waals surface area contributed by atoms with Crippen LogP contribution in [-0.2, 0) is 4.79 Å². The summed E-state index contributed by atoms with van der Waals surface area (Å²) in [6.45, 7) is 8.12. The summed E-state index contributed by atoms with van der Waals surface area (Å²) in [5, 5.41) is 2.51. The number of carbonyl (C=O) groups excluding carboxylic acids is 1. The first-order valence-corrected chi connectivity index (χ1v) is 9.81. The first-order valence-electron chi connectivity index (χ1n) is 9.81. The zero-order chi connectivity index (χ0) is 19.8. The number of carbonyl (C=O) groups is 1. The van der Waals surface area contributed by atoms with Crippen LogP contribution in [0.1, 0.15) is 31.4 Å². The van der Waals surface area contributed by atoms with Gasteiger partial charge in [-0.3, -0.25) is 4.79 Å². The Morgan fingerprint density at radius 1 is 0.893 bits per heavy atom. The maximum atomic E-state index is 12.0. The Balaban J connectivity index is 1.81. The fraction of sp³-hybridized carbons (Fsp3) is 0.240. The molecule has 0 fully saturated rings. The van der Waals surface area contributed by atoms with E-state index in [1.165, 1.54) is 32.9 Å². The van der Waals surface area contributed by atoms with Gasteiger partial charge in [0.25, 0.3) is 0 Å². The van der Waals surface area contributed by atoms with Gasteiger partial charge in [-0.05, 0) is 68.8 Å². The van der Waals surface area contributed by atoms with Crippen LogP contribution in [0.3, 0.4) is 0 Å². The van der Waals surface area contributed by atoms with E-state index < -0.39 is 0 Å². The molecule has 1 atom stereocenters. The molecule has 0 radical (unpaired) electrons. The molecule has 0 amide bonds. The van der Waals surface area contributed by atoms with Crippen LogP contribution in [0.5, 0.6) is 5.75 Å². The predicted octanol–water partition coefficient (Wildman–Crippen LogP) is 6.35. The molecule has 3 aromatic carbocycles. The van der Waals surface area contributed by atoms with E-state index in [1.807, 2.05) is 38.1 Å². The van der Waals surface area contributed by atoms with Gasteiger partial charge in [0, 0.05) is 16.5 Å². The van der Waals surface area contributed by atoms with Crippen molar-refractivity contribution in [3.05, 3.63) is 71.8 Å². The second-order valence-electron chi connectivity index (χ2n) is 7.60. The molecule has 4 aromatic rings. The zero-order valence-corrected chi connectivity index (χ0v) is 16.8. The number of benzene rings is 3. The molecule has 0 aliphatic rings. The van der Waals surface area contributed by atoms with Crippen molar-refractivity contribution >= 4 is 27.8 Å². The van der Waals surface area contributed by atoms with Crippen LogP contribution in [0.15, 0.2) is 60.7 Å². The molecule has 0 bridgehead atoms. The molecular weight excluding hydrogens is 346 g/mol. The summed E-state index contributed by atoms with van der Waals surface area (Å²) in [7, 11) is 0. The lowest BCUT2D eigenvalue weighted by Crippen LogP contribution is -2.16. The third kappa shape index (κ3) is 3.18. The van der Waals surface area contributed by atoms with Crippen LogP contribution in [0.2, 0.25) is 0 Å². The molecular formula is C25H25NO2. The quantitative estimate of drug-likeness (QED) is 0.309. The van der Waals surface area contributed by atoms with Crippen molar-refractivity contribution in [2.45, 2.75) is 34.1 Å². The largest absolute Gasteiger partial charge is 0.426 e. The summed E-state index contributed by atoms with van der Waals surface area (Å²) in [6, 6.07) is 20.9. The number of hydrogen-bond acceptors (Lipinski definition) is 2. The van der Waals surface area contributed by atoms with Gasteiger partial charge in [-0.2, -0.15) is 0 Å². The lowest BCUT2D eigenvalue weighted by molar-refractivity contribution is -0.138. The third-order valence-electron chi connectivity index (χ3n) is 5.40. The number of rotatable bonds is 4. The minimum Gasteiger partial charge on any atom is -0.426 e. The van der Waals surface area contributed by atoms with Gasteiger partial charge in [0.1, 0.15) is 5.75 Å². The highest BCUT2D eigenvalue weighted by Crippen LogP contribution is 2.33. The number of fused-ring (bicyclic) bond motifs is 3. The molecule has 28 heavy (non-hydrogen) atoms. The van der Waals surface area contributed by atoms with E-state index in [9.17, 15) is 4.79 Å². The highest BCUT2D eigenvalue weighted by molar-refractivity contribution is 6.09. The van der Waals surface area contributed by atoms with E-state index in [4.69, 9.17) is 4.74 Å². The molecule has 0 N–H and O–H groups in total.